The molecule has 0 rings (SSSR count). The van der Waals surface area contributed by atoms with E-state index in [4.69, 9.17) is 11.5 Å². The van der Waals surface area contributed by atoms with E-state index in [9.17, 15) is 9.59 Å². The highest BCUT2D eigenvalue weighted by Gasteiger charge is 1.94. The average molecular weight is 301 g/mol. The molecule has 0 aliphatic rings. The van der Waals surface area contributed by atoms with Crippen LogP contribution in [0.4, 0.5) is 9.59 Å². The number of hydrogen-bond acceptors (Lipinski definition) is 3. The molecule has 124 valence electrons. The van der Waals surface area contributed by atoms with E-state index in [0.717, 1.165) is 38.8 Å². The summed E-state index contributed by atoms with van der Waals surface area (Å²) in [5.74, 6) is 0. The SMILES string of the molecule is NC(=O)NCCCCCCNCCCCCCNC(N)=O. The molecule has 0 unspecified atom stereocenters. The van der Waals surface area contributed by atoms with Crippen LogP contribution in [0.1, 0.15) is 51.4 Å². The predicted molar refractivity (Wildman–Crippen MR) is 85.0 cm³/mol. The van der Waals surface area contributed by atoms with Crippen molar-refractivity contribution in [3.05, 3.63) is 0 Å². The van der Waals surface area contributed by atoms with E-state index >= 15 is 0 Å². The van der Waals surface area contributed by atoms with Gasteiger partial charge in [0.2, 0.25) is 0 Å². The van der Waals surface area contributed by atoms with E-state index in [1.807, 2.05) is 0 Å². The normalized spacial score (nSPS) is 10.3. The minimum atomic E-state index is -0.443. The van der Waals surface area contributed by atoms with Crippen molar-refractivity contribution in [2.24, 2.45) is 11.5 Å². The maximum atomic E-state index is 10.4. The molecule has 0 aromatic rings. The van der Waals surface area contributed by atoms with Crippen molar-refractivity contribution < 1.29 is 9.59 Å². The van der Waals surface area contributed by atoms with Gasteiger partial charge in [-0.3, -0.25) is 0 Å². The summed E-state index contributed by atoms with van der Waals surface area (Å²) in [7, 11) is 0. The zero-order chi connectivity index (χ0) is 15.8. The van der Waals surface area contributed by atoms with Gasteiger partial charge in [0.05, 0.1) is 0 Å². The second-order valence-electron chi connectivity index (χ2n) is 5.16. The van der Waals surface area contributed by atoms with Crippen molar-refractivity contribution in [2.45, 2.75) is 51.4 Å². The monoisotopic (exact) mass is 301 g/mol. The summed E-state index contributed by atoms with van der Waals surface area (Å²) in [6.45, 7) is 3.44. The van der Waals surface area contributed by atoms with Crippen molar-refractivity contribution in [1.82, 2.24) is 16.0 Å². The summed E-state index contributed by atoms with van der Waals surface area (Å²) in [5.41, 5.74) is 9.94. The van der Waals surface area contributed by atoms with Crippen molar-refractivity contribution in [3.8, 4) is 0 Å². The summed E-state index contributed by atoms with van der Waals surface area (Å²) in [4.78, 5) is 20.8. The van der Waals surface area contributed by atoms with Crippen LogP contribution < -0.4 is 27.4 Å². The maximum absolute atomic E-state index is 10.4. The van der Waals surface area contributed by atoms with Crippen molar-refractivity contribution >= 4 is 12.1 Å². The quantitative estimate of drug-likeness (QED) is 0.308. The van der Waals surface area contributed by atoms with Crippen LogP contribution in [-0.4, -0.2) is 38.2 Å². The van der Waals surface area contributed by atoms with Gasteiger partial charge in [-0.2, -0.15) is 0 Å². The molecule has 0 spiro atoms. The lowest BCUT2D eigenvalue weighted by molar-refractivity contribution is 0.248. The van der Waals surface area contributed by atoms with Gasteiger partial charge in [-0.25, -0.2) is 9.59 Å². The fourth-order valence-electron chi connectivity index (χ4n) is 2.01. The third-order valence-corrected chi connectivity index (χ3v) is 3.16. The Labute approximate surface area is 127 Å². The molecular weight excluding hydrogens is 270 g/mol. The van der Waals surface area contributed by atoms with E-state index in [-0.39, 0.29) is 0 Å². The van der Waals surface area contributed by atoms with Crippen LogP contribution in [-0.2, 0) is 0 Å². The summed E-state index contributed by atoms with van der Waals surface area (Å²) in [5, 5.41) is 8.59. The zero-order valence-corrected chi connectivity index (χ0v) is 13.0. The molecule has 0 saturated carbocycles. The third-order valence-electron chi connectivity index (χ3n) is 3.16. The van der Waals surface area contributed by atoms with Gasteiger partial charge in [-0.1, -0.05) is 25.7 Å². The van der Waals surface area contributed by atoms with Gasteiger partial charge in [0.1, 0.15) is 0 Å². The molecule has 0 bridgehead atoms. The first kappa shape index (κ1) is 19.5. The van der Waals surface area contributed by atoms with Crippen LogP contribution in [0.5, 0.6) is 0 Å². The minimum Gasteiger partial charge on any atom is -0.352 e. The lowest BCUT2D eigenvalue weighted by Crippen LogP contribution is -2.30. The Morgan fingerprint density at radius 1 is 0.571 bits per heavy atom. The Balaban J connectivity index is 2.99. The van der Waals surface area contributed by atoms with Crippen molar-refractivity contribution in [1.29, 1.82) is 0 Å². The van der Waals surface area contributed by atoms with Gasteiger partial charge in [0.25, 0.3) is 0 Å². The molecule has 7 heteroatoms. The zero-order valence-electron chi connectivity index (χ0n) is 13.0. The number of nitrogens with two attached hydrogens (primary N) is 2. The lowest BCUT2D eigenvalue weighted by Gasteiger charge is -2.05. The molecule has 7 N–H and O–H groups in total. The molecule has 0 atom stereocenters. The maximum Gasteiger partial charge on any atom is 0.312 e. The third kappa shape index (κ3) is 18.5. The van der Waals surface area contributed by atoms with Crippen molar-refractivity contribution in [3.63, 3.8) is 0 Å². The number of unbranched alkanes of at least 4 members (excludes halogenated alkanes) is 6. The highest BCUT2D eigenvalue weighted by Crippen LogP contribution is 1.99. The fraction of sp³-hybridized carbons (Fsp3) is 0.857. The number of amides is 4. The number of carbonyl (C=O) groups excluding carboxylic acids is 2. The minimum absolute atomic E-state index is 0.443. The van der Waals surface area contributed by atoms with E-state index in [2.05, 4.69) is 16.0 Å². The number of hydrogen-bond donors (Lipinski definition) is 5. The van der Waals surface area contributed by atoms with Crippen LogP contribution in [0.3, 0.4) is 0 Å². The van der Waals surface area contributed by atoms with Crippen LogP contribution in [0.25, 0.3) is 0 Å². The molecule has 7 nitrogen and oxygen atoms in total. The van der Waals surface area contributed by atoms with Crippen LogP contribution >= 0.6 is 0 Å². The van der Waals surface area contributed by atoms with E-state index in [1.165, 1.54) is 25.7 Å². The molecule has 0 heterocycles. The molecule has 0 aromatic heterocycles. The smallest absolute Gasteiger partial charge is 0.312 e. The number of rotatable bonds is 14. The summed E-state index contributed by atoms with van der Waals surface area (Å²) in [6, 6.07) is -0.885. The first-order valence-corrected chi connectivity index (χ1v) is 7.90. The number of nitrogens with one attached hydrogen (secondary N) is 3. The molecule has 21 heavy (non-hydrogen) atoms. The Morgan fingerprint density at radius 2 is 0.905 bits per heavy atom. The second-order valence-corrected chi connectivity index (χ2v) is 5.16. The van der Waals surface area contributed by atoms with Gasteiger partial charge in [0.15, 0.2) is 0 Å². The molecule has 0 saturated heterocycles. The Morgan fingerprint density at radius 3 is 1.24 bits per heavy atom. The first-order valence-electron chi connectivity index (χ1n) is 7.90. The fourth-order valence-corrected chi connectivity index (χ4v) is 2.01. The predicted octanol–water partition coefficient (Wildman–Crippen LogP) is 1.03. The summed E-state index contributed by atoms with van der Waals surface area (Å²) < 4.78 is 0. The molecule has 4 amide bonds. The molecular formula is C14H31N5O2. The molecule has 0 fully saturated rings. The van der Waals surface area contributed by atoms with Crippen LogP contribution in [0.2, 0.25) is 0 Å². The van der Waals surface area contributed by atoms with Crippen LogP contribution in [0, 0.1) is 0 Å². The van der Waals surface area contributed by atoms with Crippen LogP contribution in [0.15, 0.2) is 0 Å². The number of urea groups is 2. The molecule has 0 aliphatic heterocycles. The number of carbonyl (C=O) groups is 2. The van der Waals surface area contributed by atoms with Gasteiger partial charge >= 0.3 is 12.1 Å². The van der Waals surface area contributed by atoms with E-state index in [1.54, 1.807) is 0 Å². The highest BCUT2D eigenvalue weighted by molar-refractivity contribution is 5.71. The van der Waals surface area contributed by atoms with E-state index in [0.29, 0.717) is 13.1 Å². The summed E-state index contributed by atoms with van der Waals surface area (Å²) >= 11 is 0. The average Bonchev–Trinajstić information content (AvgIpc) is 2.42. The molecule has 0 aromatic carbocycles. The molecule has 0 aliphatic carbocycles. The summed E-state index contributed by atoms with van der Waals surface area (Å²) in [6.07, 6.45) is 8.89. The lowest BCUT2D eigenvalue weighted by atomic mass is 10.2. The van der Waals surface area contributed by atoms with Crippen molar-refractivity contribution in [2.75, 3.05) is 26.2 Å². The first-order chi connectivity index (χ1) is 10.1. The topological polar surface area (TPSA) is 122 Å². The second kappa shape index (κ2) is 14.9. The van der Waals surface area contributed by atoms with Gasteiger partial charge < -0.3 is 27.4 Å². The standard InChI is InChI=1S/C14H31N5O2/c15-13(20)18-11-7-3-1-5-9-17-10-6-2-4-8-12-19-14(16)21/h17H,1-12H2,(H3,15,18,20)(H3,16,19,21). The number of primary amides is 2. The Bertz CT molecular complexity index is 248. The largest absolute Gasteiger partial charge is 0.352 e. The van der Waals surface area contributed by atoms with Gasteiger partial charge in [-0.15, -0.1) is 0 Å². The van der Waals surface area contributed by atoms with Gasteiger partial charge in [-0.05, 0) is 38.8 Å². The molecule has 0 radical (unpaired) electrons. The Kier molecular flexibility index (Phi) is 13.8. The Hall–Kier alpha value is -1.50. The van der Waals surface area contributed by atoms with E-state index < -0.39 is 12.1 Å². The highest BCUT2D eigenvalue weighted by atomic mass is 16.2. The van der Waals surface area contributed by atoms with Gasteiger partial charge in [0, 0.05) is 13.1 Å².